The van der Waals surface area contributed by atoms with E-state index in [2.05, 4.69) is 20.9 Å². The number of ether oxygens (including phenoxy) is 2. The van der Waals surface area contributed by atoms with Gasteiger partial charge in [-0.1, -0.05) is 36.4 Å². The number of hydrogen-bond acceptors (Lipinski definition) is 7. The lowest BCUT2D eigenvalue weighted by molar-refractivity contribution is -0.127. The molecule has 3 aromatic rings. The fourth-order valence-electron chi connectivity index (χ4n) is 3.68. The van der Waals surface area contributed by atoms with E-state index in [1.54, 1.807) is 36.5 Å². The molecule has 2 amide bonds. The van der Waals surface area contributed by atoms with E-state index in [-0.39, 0.29) is 43.4 Å². The molecule has 0 saturated carbocycles. The maximum Gasteiger partial charge on any atom is 0.242 e. The van der Waals surface area contributed by atoms with E-state index in [0.29, 0.717) is 42.1 Å². The molecule has 1 aromatic heterocycles. The van der Waals surface area contributed by atoms with Crippen LogP contribution in [0.4, 0.5) is 0 Å². The van der Waals surface area contributed by atoms with Gasteiger partial charge >= 0.3 is 0 Å². The molecule has 1 aliphatic rings. The van der Waals surface area contributed by atoms with Crippen molar-refractivity contribution in [2.24, 2.45) is 5.73 Å². The lowest BCUT2D eigenvalue weighted by atomic mass is 10.0. The summed E-state index contributed by atoms with van der Waals surface area (Å²) in [7, 11) is 0. The molecular formula is C26H29ClN6O4. The molecule has 11 heteroatoms. The Morgan fingerprint density at radius 1 is 1.03 bits per heavy atom. The van der Waals surface area contributed by atoms with E-state index in [1.165, 1.54) is 0 Å². The molecule has 0 fully saturated rings. The third kappa shape index (κ3) is 7.66. The Morgan fingerprint density at radius 2 is 1.81 bits per heavy atom. The predicted octanol–water partition coefficient (Wildman–Crippen LogP) is 1.82. The molecule has 37 heavy (non-hydrogen) atoms. The zero-order valence-corrected chi connectivity index (χ0v) is 20.8. The number of aromatic nitrogens is 1. The number of carbonyl (C=O) groups excluding carboxylic acids is 2. The Balaban J connectivity index is 0.00000380. The average Bonchev–Trinajstić information content (AvgIpc) is 3.37. The summed E-state index contributed by atoms with van der Waals surface area (Å²) in [5.41, 5.74) is 8.61. The molecule has 194 valence electrons. The second-order valence-electron chi connectivity index (χ2n) is 8.18. The monoisotopic (exact) mass is 524 g/mol. The zero-order valence-electron chi connectivity index (χ0n) is 20.0. The first kappa shape index (κ1) is 27.4. The number of fused-ring (bicyclic) bond motifs is 1. The normalized spacial score (nSPS) is 12.2. The summed E-state index contributed by atoms with van der Waals surface area (Å²) in [6, 6.07) is 17.4. The van der Waals surface area contributed by atoms with Gasteiger partial charge in [0.1, 0.15) is 11.9 Å². The minimum Gasteiger partial charge on any atom is -0.454 e. The van der Waals surface area contributed by atoms with Crippen molar-refractivity contribution in [3.63, 3.8) is 0 Å². The van der Waals surface area contributed by atoms with Gasteiger partial charge in [0.2, 0.25) is 18.6 Å². The van der Waals surface area contributed by atoms with Crippen LogP contribution in [0.5, 0.6) is 11.5 Å². The van der Waals surface area contributed by atoms with Crippen LogP contribution in [0.1, 0.15) is 28.4 Å². The summed E-state index contributed by atoms with van der Waals surface area (Å²) in [6.07, 6.45) is 2.31. The highest BCUT2D eigenvalue weighted by Gasteiger charge is 2.24. The fraction of sp³-hybridized carbons (Fsp3) is 0.231. The third-order valence-corrected chi connectivity index (χ3v) is 5.62. The molecule has 1 atom stereocenters. The maximum atomic E-state index is 13.1. The average molecular weight is 525 g/mol. The van der Waals surface area contributed by atoms with E-state index >= 15 is 0 Å². The number of hydrogen-bond donors (Lipinski definition) is 5. The number of nitrogens with two attached hydrogens (primary N) is 1. The number of nitrogens with zero attached hydrogens (tertiary/aromatic N) is 1. The summed E-state index contributed by atoms with van der Waals surface area (Å²) in [4.78, 5) is 29.6. The van der Waals surface area contributed by atoms with E-state index < -0.39 is 6.04 Å². The van der Waals surface area contributed by atoms with Crippen LogP contribution in [-0.4, -0.2) is 42.5 Å². The summed E-state index contributed by atoms with van der Waals surface area (Å²) >= 11 is 0. The Bertz CT molecular complexity index is 1220. The molecule has 0 spiro atoms. The quantitative estimate of drug-likeness (QED) is 0.189. The number of nitrogen functional groups attached to an aromatic ring is 1. The van der Waals surface area contributed by atoms with Gasteiger partial charge in [-0.3, -0.25) is 25.3 Å². The highest BCUT2D eigenvalue weighted by molar-refractivity contribution is 5.94. The van der Waals surface area contributed by atoms with Crippen LogP contribution in [0.25, 0.3) is 0 Å². The Morgan fingerprint density at radius 3 is 2.54 bits per heavy atom. The molecule has 0 saturated heterocycles. The number of pyridine rings is 1. The molecule has 6 N–H and O–H groups in total. The molecular weight excluding hydrogens is 496 g/mol. The summed E-state index contributed by atoms with van der Waals surface area (Å²) in [5.74, 6) is 0.526. The fourth-order valence-corrected chi connectivity index (χ4v) is 3.68. The highest BCUT2D eigenvalue weighted by Crippen LogP contribution is 2.34. The zero-order chi connectivity index (χ0) is 25.3. The molecule has 0 radical (unpaired) electrons. The third-order valence-electron chi connectivity index (χ3n) is 5.62. The van der Waals surface area contributed by atoms with Crippen LogP contribution in [0, 0.1) is 5.41 Å². The Labute approximate surface area is 220 Å². The van der Waals surface area contributed by atoms with E-state index in [0.717, 1.165) is 11.3 Å². The molecule has 2 aromatic carbocycles. The maximum absolute atomic E-state index is 13.1. The second-order valence-corrected chi connectivity index (χ2v) is 8.18. The van der Waals surface area contributed by atoms with Gasteiger partial charge in [-0.05, 0) is 35.4 Å². The predicted molar refractivity (Wildman–Crippen MR) is 141 cm³/mol. The number of amides is 2. The first-order valence-corrected chi connectivity index (χ1v) is 11.5. The van der Waals surface area contributed by atoms with Crippen LogP contribution in [-0.2, 0) is 22.6 Å². The number of carbonyl (C=O) groups is 2. The molecule has 0 bridgehead atoms. The molecule has 4 rings (SSSR count). The first-order chi connectivity index (χ1) is 17.5. The van der Waals surface area contributed by atoms with Crippen LogP contribution in [0.3, 0.4) is 0 Å². The van der Waals surface area contributed by atoms with Crippen LogP contribution < -0.4 is 31.2 Å². The van der Waals surface area contributed by atoms with Crippen molar-refractivity contribution < 1.29 is 19.1 Å². The minimum atomic E-state index is -0.742. The largest absolute Gasteiger partial charge is 0.454 e. The standard InChI is InChI=1S/C26H28N6O4.ClH/c27-25(28)18-6-4-17(5-7-18)14-31-24(19-8-9-21-22(13-19)36-16-35-21)26(34)32-15-23(33)30-12-10-20-3-1-2-11-29-20;/h1-9,11,13,24,31H,10,12,14-16H2,(H3,27,28)(H,30,33)(H,32,34);1H. The van der Waals surface area contributed by atoms with Crippen molar-refractivity contribution in [1.82, 2.24) is 20.9 Å². The highest BCUT2D eigenvalue weighted by atomic mass is 35.5. The first-order valence-electron chi connectivity index (χ1n) is 11.5. The van der Waals surface area contributed by atoms with E-state index in [4.69, 9.17) is 20.6 Å². The van der Waals surface area contributed by atoms with Crippen molar-refractivity contribution in [3.8, 4) is 11.5 Å². The summed E-state index contributed by atoms with van der Waals surface area (Å²) in [6.45, 7) is 0.772. The van der Waals surface area contributed by atoms with Crippen molar-refractivity contribution in [2.75, 3.05) is 19.9 Å². The number of benzene rings is 2. The van der Waals surface area contributed by atoms with Crippen molar-refractivity contribution >= 4 is 30.1 Å². The number of halogens is 1. The van der Waals surface area contributed by atoms with Gasteiger partial charge < -0.3 is 25.8 Å². The smallest absolute Gasteiger partial charge is 0.242 e. The van der Waals surface area contributed by atoms with Gasteiger partial charge in [0.05, 0.1) is 6.54 Å². The van der Waals surface area contributed by atoms with Crippen LogP contribution in [0.15, 0.2) is 66.9 Å². The molecule has 1 unspecified atom stereocenters. The van der Waals surface area contributed by atoms with Gasteiger partial charge in [-0.25, -0.2) is 0 Å². The van der Waals surface area contributed by atoms with Gasteiger partial charge in [-0.15, -0.1) is 12.4 Å². The lowest BCUT2D eigenvalue weighted by Crippen LogP contribution is -2.42. The number of amidine groups is 1. The van der Waals surface area contributed by atoms with Crippen LogP contribution >= 0.6 is 12.4 Å². The lowest BCUT2D eigenvalue weighted by Gasteiger charge is -2.19. The van der Waals surface area contributed by atoms with Gasteiger partial charge in [0.25, 0.3) is 0 Å². The van der Waals surface area contributed by atoms with Crippen molar-refractivity contribution in [1.29, 1.82) is 5.41 Å². The van der Waals surface area contributed by atoms with Gasteiger partial charge in [0.15, 0.2) is 11.5 Å². The topological polar surface area (TPSA) is 151 Å². The Hall–Kier alpha value is -4.15. The van der Waals surface area contributed by atoms with Gasteiger partial charge in [0, 0.05) is 37.0 Å². The molecule has 10 nitrogen and oxygen atoms in total. The SMILES string of the molecule is Cl.N=C(N)c1ccc(CNC(C(=O)NCC(=O)NCCc2ccccn2)c2ccc3c(c2)OCO3)cc1. The molecule has 0 aliphatic carbocycles. The number of nitrogens with one attached hydrogen (secondary N) is 4. The van der Waals surface area contributed by atoms with Crippen LogP contribution in [0.2, 0.25) is 0 Å². The minimum absolute atomic E-state index is 0. The Kier molecular flexibility index (Phi) is 9.82. The molecule has 2 heterocycles. The van der Waals surface area contributed by atoms with Crippen molar-refractivity contribution in [2.45, 2.75) is 19.0 Å². The second kappa shape index (κ2) is 13.2. The van der Waals surface area contributed by atoms with Crippen molar-refractivity contribution in [3.05, 3.63) is 89.2 Å². The van der Waals surface area contributed by atoms with E-state index in [1.807, 2.05) is 30.3 Å². The number of rotatable bonds is 11. The summed E-state index contributed by atoms with van der Waals surface area (Å²) < 4.78 is 10.8. The molecule has 1 aliphatic heterocycles. The van der Waals surface area contributed by atoms with Gasteiger partial charge in [-0.2, -0.15) is 0 Å². The van der Waals surface area contributed by atoms with E-state index in [9.17, 15) is 9.59 Å². The summed E-state index contributed by atoms with van der Waals surface area (Å²) in [5, 5.41) is 16.3.